The second kappa shape index (κ2) is 11.0. The highest BCUT2D eigenvalue weighted by Gasteiger charge is 2.29. The van der Waals surface area contributed by atoms with E-state index in [4.69, 9.17) is 4.74 Å². The SMILES string of the molecule is COC(=O)CCc1cccc(C(C)(O)c2cnc(-c3cc(Oc4c(F)cc5[nH]ccc5c4S(C)(=O)=O)ccc3F)[nH]2)c1. The van der Waals surface area contributed by atoms with Crippen LogP contribution in [0.5, 0.6) is 11.5 Å². The van der Waals surface area contributed by atoms with Crippen molar-refractivity contribution in [1.29, 1.82) is 0 Å². The summed E-state index contributed by atoms with van der Waals surface area (Å²) >= 11 is 0. The number of H-pyrrole nitrogens is 2. The van der Waals surface area contributed by atoms with E-state index >= 15 is 4.39 Å². The molecule has 0 fully saturated rings. The highest BCUT2D eigenvalue weighted by Crippen LogP contribution is 2.39. The molecule has 12 heteroatoms. The third-order valence-corrected chi connectivity index (χ3v) is 8.08. The van der Waals surface area contributed by atoms with Gasteiger partial charge in [0.15, 0.2) is 21.4 Å². The summed E-state index contributed by atoms with van der Waals surface area (Å²) in [5, 5.41) is 11.7. The molecule has 0 radical (unpaired) electrons. The zero-order chi connectivity index (χ0) is 30.2. The maximum atomic E-state index is 15.1. The van der Waals surface area contributed by atoms with Crippen LogP contribution < -0.4 is 4.74 Å². The number of rotatable bonds is 9. The van der Waals surface area contributed by atoms with Gasteiger partial charge in [-0.1, -0.05) is 24.3 Å². The Labute approximate surface area is 240 Å². The Balaban J connectivity index is 1.47. The molecule has 2 heterocycles. The highest BCUT2D eigenvalue weighted by atomic mass is 32.2. The molecule has 1 atom stereocenters. The monoisotopic (exact) mass is 595 g/mol. The van der Waals surface area contributed by atoms with Crippen molar-refractivity contribution in [1.82, 2.24) is 15.0 Å². The average Bonchev–Trinajstić information content (AvgIpc) is 3.63. The van der Waals surface area contributed by atoms with Gasteiger partial charge in [0.05, 0.1) is 24.6 Å². The molecule has 218 valence electrons. The summed E-state index contributed by atoms with van der Waals surface area (Å²) in [6, 6.07) is 13.3. The number of sulfone groups is 1. The molecule has 9 nitrogen and oxygen atoms in total. The van der Waals surface area contributed by atoms with E-state index in [2.05, 4.69) is 19.7 Å². The number of methoxy groups -OCH3 is 1. The van der Waals surface area contributed by atoms with Crippen LogP contribution in [0.2, 0.25) is 0 Å². The molecule has 0 aliphatic carbocycles. The summed E-state index contributed by atoms with van der Waals surface area (Å²) < 4.78 is 65.6. The van der Waals surface area contributed by atoms with Gasteiger partial charge >= 0.3 is 5.97 Å². The van der Waals surface area contributed by atoms with Gasteiger partial charge in [0, 0.05) is 35.8 Å². The van der Waals surface area contributed by atoms with E-state index in [0.717, 1.165) is 24.0 Å². The fourth-order valence-corrected chi connectivity index (χ4v) is 5.75. The van der Waals surface area contributed by atoms with Crippen LogP contribution >= 0.6 is 0 Å². The van der Waals surface area contributed by atoms with Crippen molar-refractivity contribution in [2.24, 2.45) is 0 Å². The lowest BCUT2D eigenvalue weighted by atomic mass is 9.91. The van der Waals surface area contributed by atoms with E-state index in [9.17, 15) is 22.7 Å². The number of carbonyl (C=O) groups excluding carboxylic acids is 1. The summed E-state index contributed by atoms with van der Waals surface area (Å²) in [4.78, 5) is 21.2. The zero-order valence-corrected chi connectivity index (χ0v) is 23.7. The van der Waals surface area contributed by atoms with Crippen LogP contribution in [-0.4, -0.2) is 47.8 Å². The van der Waals surface area contributed by atoms with Gasteiger partial charge in [0.2, 0.25) is 0 Å². The first-order chi connectivity index (χ1) is 19.9. The van der Waals surface area contributed by atoms with Crippen LogP contribution in [-0.2, 0) is 31.4 Å². The molecule has 3 N–H and O–H groups in total. The van der Waals surface area contributed by atoms with Gasteiger partial charge in [-0.25, -0.2) is 22.2 Å². The lowest BCUT2D eigenvalue weighted by Gasteiger charge is -2.23. The highest BCUT2D eigenvalue weighted by molar-refractivity contribution is 7.91. The molecule has 5 rings (SSSR count). The number of hydrogen-bond acceptors (Lipinski definition) is 7. The van der Waals surface area contributed by atoms with Crippen molar-refractivity contribution in [3.63, 3.8) is 0 Å². The predicted molar refractivity (Wildman–Crippen MR) is 151 cm³/mol. The zero-order valence-electron chi connectivity index (χ0n) is 22.9. The number of carbonyl (C=O) groups is 1. The summed E-state index contributed by atoms with van der Waals surface area (Å²) in [7, 11) is -2.61. The number of aromatic nitrogens is 3. The van der Waals surface area contributed by atoms with Gasteiger partial charge in [0.25, 0.3) is 0 Å². The minimum atomic E-state index is -3.92. The van der Waals surface area contributed by atoms with Gasteiger partial charge < -0.3 is 24.5 Å². The van der Waals surface area contributed by atoms with Crippen LogP contribution in [0.1, 0.15) is 30.2 Å². The number of hydrogen-bond donors (Lipinski definition) is 3. The molecule has 0 aliphatic rings. The number of fused-ring (bicyclic) bond motifs is 1. The third-order valence-electron chi connectivity index (χ3n) is 6.94. The number of nitrogens with one attached hydrogen (secondary N) is 2. The second-order valence-corrected chi connectivity index (χ2v) is 11.9. The third kappa shape index (κ3) is 5.63. The minimum absolute atomic E-state index is 0.0342. The van der Waals surface area contributed by atoms with Crippen LogP contribution in [0.3, 0.4) is 0 Å². The van der Waals surface area contributed by atoms with Crippen molar-refractivity contribution in [2.75, 3.05) is 13.4 Å². The molecule has 2 aromatic heterocycles. The largest absolute Gasteiger partial charge is 0.469 e. The van der Waals surface area contributed by atoms with E-state index < -0.39 is 32.8 Å². The predicted octanol–water partition coefficient (Wildman–Crippen LogP) is 5.39. The first-order valence-corrected chi connectivity index (χ1v) is 14.7. The lowest BCUT2D eigenvalue weighted by Crippen LogP contribution is -2.23. The summed E-state index contributed by atoms with van der Waals surface area (Å²) in [5.74, 6) is -2.44. The molecule has 3 aromatic carbocycles. The van der Waals surface area contributed by atoms with E-state index in [-0.39, 0.29) is 51.0 Å². The van der Waals surface area contributed by atoms with Crippen molar-refractivity contribution in [3.8, 4) is 22.9 Å². The molecule has 0 saturated carbocycles. The number of aromatic amines is 2. The van der Waals surface area contributed by atoms with Crippen molar-refractivity contribution in [2.45, 2.75) is 30.3 Å². The van der Waals surface area contributed by atoms with Crippen LogP contribution in [0.15, 0.2) is 71.9 Å². The Hall–Kier alpha value is -4.55. The van der Waals surface area contributed by atoms with Crippen molar-refractivity contribution < 1.29 is 36.6 Å². The second-order valence-electron chi connectivity index (χ2n) is 9.97. The quantitative estimate of drug-likeness (QED) is 0.195. The topological polar surface area (TPSA) is 134 Å². The van der Waals surface area contributed by atoms with Crippen molar-refractivity contribution in [3.05, 3.63) is 95.4 Å². The lowest BCUT2D eigenvalue weighted by molar-refractivity contribution is -0.140. The van der Waals surface area contributed by atoms with Gasteiger partial charge in [-0.15, -0.1) is 0 Å². The standard InChI is InChI=1S/C30H27F2N3O6S/c1-30(37,18-6-4-5-17(13-18)7-10-26(36)40-2)25-16-34-29(35-25)21-14-19(8-9-22(21)31)41-27-23(32)15-24-20(11-12-33-24)28(27)42(3,38)39/h4-6,8-9,11-16,33,37H,7,10H2,1-3H3,(H,34,35). The number of aliphatic hydroxyl groups is 1. The maximum Gasteiger partial charge on any atom is 0.305 e. The van der Waals surface area contributed by atoms with E-state index in [1.165, 1.54) is 37.7 Å². The summed E-state index contributed by atoms with van der Waals surface area (Å²) in [5.41, 5.74) is 0.261. The average molecular weight is 596 g/mol. The summed E-state index contributed by atoms with van der Waals surface area (Å²) in [6.07, 6.45) is 4.40. The van der Waals surface area contributed by atoms with Gasteiger partial charge in [-0.05, 0) is 48.7 Å². The minimum Gasteiger partial charge on any atom is -0.469 e. The van der Waals surface area contributed by atoms with Gasteiger partial charge in [-0.2, -0.15) is 0 Å². The molecule has 42 heavy (non-hydrogen) atoms. The van der Waals surface area contributed by atoms with Crippen LogP contribution in [0, 0.1) is 11.6 Å². The molecule has 0 bridgehead atoms. The Morgan fingerprint density at radius 1 is 1.10 bits per heavy atom. The number of benzene rings is 3. The Bertz CT molecular complexity index is 1910. The molecule has 0 saturated heterocycles. The summed E-state index contributed by atoms with van der Waals surface area (Å²) in [6.45, 7) is 1.55. The Kier molecular flexibility index (Phi) is 7.60. The van der Waals surface area contributed by atoms with Crippen LogP contribution in [0.4, 0.5) is 8.78 Å². The molecule has 5 aromatic rings. The molecular formula is C30H27F2N3O6S. The van der Waals surface area contributed by atoms with Gasteiger partial charge in [-0.3, -0.25) is 4.79 Å². The number of ether oxygens (including phenoxy) is 2. The molecule has 1 unspecified atom stereocenters. The fraction of sp³-hybridized carbons (Fsp3) is 0.200. The number of nitrogens with zero attached hydrogens (tertiary/aromatic N) is 1. The van der Waals surface area contributed by atoms with E-state index in [1.807, 2.05) is 6.07 Å². The smallest absolute Gasteiger partial charge is 0.305 e. The molecule has 0 spiro atoms. The molecule has 0 aliphatic heterocycles. The normalized spacial score (nSPS) is 13.2. The fourth-order valence-electron chi connectivity index (χ4n) is 4.69. The number of halogens is 2. The maximum absolute atomic E-state index is 15.1. The first-order valence-electron chi connectivity index (χ1n) is 12.8. The van der Waals surface area contributed by atoms with Gasteiger partial charge in [0.1, 0.15) is 27.9 Å². The van der Waals surface area contributed by atoms with E-state index in [1.54, 1.807) is 25.1 Å². The number of aryl methyl sites for hydroxylation is 1. The number of imidazole rings is 1. The Morgan fingerprint density at radius 2 is 1.88 bits per heavy atom. The Morgan fingerprint density at radius 3 is 2.62 bits per heavy atom. The van der Waals surface area contributed by atoms with Crippen LogP contribution in [0.25, 0.3) is 22.3 Å². The molecular weight excluding hydrogens is 568 g/mol. The van der Waals surface area contributed by atoms with Crippen molar-refractivity contribution >= 4 is 26.7 Å². The molecule has 0 amide bonds. The number of esters is 1. The first kappa shape index (κ1) is 29.0. The van der Waals surface area contributed by atoms with E-state index in [0.29, 0.717) is 12.0 Å².